The quantitative estimate of drug-likeness (QED) is 0.0928. The molecule has 0 fully saturated rings. The van der Waals surface area contributed by atoms with E-state index in [0.29, 0.717) is 0 Å². The molecule has 7 aromatic rings. The Labute approximate surface area is 329 Å². The predicted octanol–water partition coefficient (Wildman–Crippen LogP) is 9.42. The van der Waals surface area contributed by atoms with Crippen molar-refractivity contribution in [1.82, 2.24) is 0 Å². The van der Waals surface area contributed by atoms with Crippen molar-refractivity contribution in [3.63, 3.8) is 0 Å². The molecule has 0 aliphatic carbocycles. The highest BCUT2D eigenvalue weighted by atomic mass is 32.2. The summed E-state index contributed by atoms with van der Waals surface area (Å²) < 4.78 is 118. The van der Waals surface area contributed by atoms with Crippen LogP contribution in [0.25, 0.3) is 67.3 Å². The largest absolute Gasteiger partial charge is 0.741 e. The molecule has 298 valence electrons. The lowest BCUT2D eigenvalue weighted by atomic mass is 9.96. The monoisotopic (exact) mass is 836 g/mol. The van der Waals surface area contributed by atoms with Crippen LogP contribution in [-0.2, 0) is 20.2 Å². The average molecular weight is 837 g/mol. The first-order valence-corrected chi connectivity index (χ1v) is 19.6. The van der Waals surface area contributed by atoms with Gasteiger partial charge in [-0.15, -0.1) is 0 Å². The van der Waals surface area contributed by atoms with Gasteiger partial charge >= 0.3 is 11.0 Å². The van der Waals surface area contributed by atoms with Gasteiger partial charge in [0.25, 0.3) is 0 Å². The fraction of sp³-hybridized carbons (Fsp3) is 0.0476. The third-order valence-corrected chi connectivity index (χ3v) is 9.33. The molecule has 0 saturated carbocycles. The van der Waals surface area contributed by atoms with E-state index in [1.54, 1.807) is 0 Å². The van der Waals surface area contributed by atoms with Crippen molar-refractivity contribution in [1.29, 1.82) is 0 Å². The van der Waals surface area contributed by atoms with E-state index < -0.39 is 31.3 Å². The first-order valence-electron chi connectivity index (χ1n) is 16.8. The fourth-order valence-corrected chi connectivity index (χ4v) is 5.42. The highest BCUT2D eigenvalue weighted by Crippen LogP contribution is 2.32. The number of rotatable bonds is 6. The van der Waals surface area contributed by atoms with Gasteiger partial charge in [-0.3, -0.25) is 0 Å². The first kappa shape index (κ1) is 42.9. The number of hydrogen-bond donors (Lipinski definition) is 0. The Hall–Kier alpha value is -6.20. The molecule has 7 rings (SSSR count). The van der Waals surface area contributed by atoms with E-state index in [0.717, 1.165) is 45.0 Å². The van der Waals surface area contributed by atoms with Crippen molar-refractivity contribution in [2.75, 3.05) is 0 Å². The predicted molar refractivity (Wildman–Crippen MR) is 204 cm³/mol. The molecule has 0 spiro atoms. The number of hydrogen-bond acceptors (Lipinski definition) is 6. The summed E-state index contributed by atoms with van der Waals surface area (Å²) in [6, 6.07) is 59.9. The summed E-state index contributed by atoms with van der Waals surface area (Å²) in [5, 5.41) is 0. The minimum Gasteiger partial charge on any atom is -0.741 e. The second-order valence-corrected chi connectivity index (χ2v) is 15.0. The minimum absolute atomic E-state index is 1.09. The molecule has 58 heavy (non-hydrogen) atoms. The number of alkyl halides is 6. The Bertz CT molecular complexity index is 2370. The van der Waals surface area contributed by atoms with Crippen LogP contribution >= 0.6 is 0 Å². The van der Waals surface area contributed by atoms with Crippen molar-refractivity contribution in [3.05, 3.63) is 170 Å². The molecule has 2 aromatic heterocycles. The molecule has 5 aromatic carbocycles. The molecule has 0 saturated heterocycles. The fourth-order valence-electron chi connectivity index (χ4n) is 5.42. The number of benzene rings is 5. The van der Waals surface area contributed by atoms with Gasteiger partial charge < -0.3 is 9.11 Å². The summed E-state index contributed by atoms with van der Waals surface area (Å²) in [7, 11) is -12.2. The van der Waals surface area contributed by atoms with Crippen LogP contribution in [0.15, 0.2) is 170 Å². The molecule has 8 nitrogen and oxygen atoms in total. The highest BCUT2D eigenvalue weighted by molar-refractivity contribution is 7.86. The second-order valence-electron chi connectivity index (χ2n) is 12.2. The smallest absolute Gasteiger partial charge is 0.485 e. The number of nitrogens with one attached hydrogen (secondary N) is 2. The van der Waals surface area contributed by atoms with Crippen molar-refractivity contribution < 1.29 is 62.3 Å². The average Bonchev–Trinajstić information content (AvgIpc) is 3.21. The van der Waals surface area contributed by atoms with E-state index >= 15 is 0 Å². The van der Waals surface area contributed by atoms with Crippen molar-refractivity contribution >= 4 is 20.2 Å². The molecule has 0 aliphatic rings. The molecule has 0 atom stereocenters. The maximum absolute atomic E-state index is 10.7. The van der Waals surface area contributed by atoms with E-state index in [4.69, 9.17) is 25.9 Å². The topological polar surface area (TPSA) is 143 Å². The van der Waals surface area contributed by atoms with Crippen LogP contribution in [-0.4, -0.2) is 37.0 Å². The van der Waals surface area contributed by atoms with E-state index in [2.05, 4.69) is 180 Å². The van der Waals surface area contributed by atoms with Gasteiger partial charge in [-0.25, -0.2) is 26.8 Å². The van der Waals surface area contributed by atoms with Gasteiger partial charge in [0.2, 0.25) is 22.8 Å². The molecule has 0 radical (unpaired) electrons. The van der Waals surface area contributed by atoms with Crippen LogP contribution in [0.4, 0.5) is 26.3 Å². The van der Waals surface area contributed by atoms with Crippen molar-refractivity contribution in [2.45, 2.75) is 11.0 Å². The van der Waals surface area contributed by atoms with Gasteiger partial charge in [-0.05, 0) is 70.8 Å². The summed E-state index contributed by atoms with van der Waals surface area (Å²) in [6.07, 6.45) is 0. The van der Waals surface area contributed by atoms with Gasteiger partial charge in [0.1, 0.15) is 0 Å². The summed E-state index contributed by atoms with van der Waals surface area (Å²) in [5.41, 5.74) is 2.43. The number of aromatic nitrogens is 2. The van der Waals surface area contributed by atoms with Crippen LogP contribution in [0.2, 0.25) is 0 Å². The van der Waals surface area contributed by atoms with Gasteiger partial charge in [-0.1, -0.05) is 97.1 Å². The normalized spacial score (nSPS) is 11.7. The lowest BCUT2D eigenvalue weighted by Gasteiger charge is -2.08. The van der Waals surface area contributed by atoms with Crippen LogP contribution in [0.3, 0.4) is 0 Å². The third kappa shape index (κ3) is 11.4. The maximum atomic E-state index is 10.7. The minimum atomic E-state index is -6.09. The van der Waals surface area contributed by atoms with Crippen LogP contribution in [0, 0.1) is 0 Å². The van der Waals surface area contributed by atoms with Crippen molar-refractivity contribution in [3.8, 4) is 67.3 Å². The Kier molecular flexibility index (Phi) is 13.3. The van der Waals surface area contributed by atoms with E-state index in [1.807, 2.05) is 0 Å². The Morgan fingerprint density at radius 3 is 0.690 bits per heavy atom. The molecule has 2 N–H and O–H groups in total. The third-order valence-electron chi connectivity index (χ3n) is 8.20. The Balaban J connectivity index is 0.000000339. The van der Waals surface area contributed by atoms with E-state index in [9.17, 15) is 26.3 Å². The number of pyridine rings is 2. The molecule has 16 heteroatoms. The Morgan fingerprint density at radius 1 is 0.328 bits per heavy atom. The zero-order valence-corrected chi connectivity index (χ0v) is 31.3. The molecule has 0 bridgehead atoms. The molecular formula is C42H30F6N2O6S2. The number of H-pyrrole nitrogens is 2. The lowest BCUT2D eigenvalue weighted by Crippen LogP contribution is -2.21. The van der Waals surface area contributed by atoms with Gasteiger partial charge in [-0.2, -0.15) is 26.3 Å². The molecule has 2 heterocycles. The standard InChI is InChI=1S/C40H28N2.2CHF3O3S/c1-5-13-31(14-6-1)37-25-35(26-38(41-37)32-15-7-2-8-16-32)29-21-23-30(24-22-29)36-27-39(33-17-9-3-10-18-33)42-40(28-36)34-19-11-4-12-20-34;2*2-1(3,4)8(5,6)7/h1-28H;2*(H,5,6,7). The van der Waals surface area contributed by atoms with E-state index in [1.165, 1.54) is 22.3 Å². The summed E-state index contributed by atoms with van der Waals surface area (Å²) in [6.45, 7) is 0. The molecule has 0 unspecified atom stereocenters. The number of halogens is 6. The lowest BCUT2D eigenvalue weighted by molar-refractivity contribution is -0.351. The highest BCUT2D eigenvalue weighted by Gasteiger charge is 2.37. The van der Waals surface area contributed by atoms with Gasteiger partial charge in [0, 0.05) is 46.5 Å². The summed E-state index contributed by atoms with van der Waals surface area (Å²) in [4.78, 5) is 7.33. The van der Waals surface area contributed by atoms with Crippen LogP contribution in [0.1, 0.15) is 0 Å². The second kappa shape index (κ2) is 17.9. The summed E-state index contributed by atoms with van der Waals surface area (Å²) >= 11 is 0. The Morgan fingerprint density at radius 2 is 0.517 bits per heavy atom. The molecular weight excluding hydrogens is 807 g/mol. The SMILES string of the molecule is O=S(=O)([O-])C(F)(F)F.O=S(=O)([O-])C(F)(F)F.c1ccc(-c2cc(-c3ccc(-c4cc(-c5ccccc5)[nH+]c(-c5ccccc5)c4)cc3)cc(-c3ccccc3)[nH+]2)cc1. The van der Waals surface area contributed by atoms with Crippen LogP contribution in [0.5, 0.6) is 0 Å². The zero-order chi connectivity index (χ0) is 42.1. The zero-order valence-electron chi connectivity index (χ0n) is 29.7. The van der Waals surface area contributed by atoms with Crippen molar-refractivity contribution in [2.24, 2.45) is 0 Å². The number of aromatic amines is 2. The van der Waals surface area contributed by atoms with E-state index in [-0.39, 0.29) is 0 Å². The first-order chi connectivity index (χ1) is 27.3. The van der Waals surface area contributed by atoms with Gasteiger partial charge in [0.15, 0.2) is 20.2 Å². The molecule has 0 amide bonds. The molecule has 0 aliphatic heterocycles. The van der Waals surface area contributed by atoms with Crippen LogP contribution < -0.4 is 9.97 Å². The van der Waals surface area contributed by atoms with Gasteiger partial charge in [0.05, 0.1) is 0 Å². The maximum Gasteiger partial charge on any atom is 0.485 e. The summed E-state index contributed by atoms with van der Waals surface area (Å²) in [5.74, 6) is 0.